The number of nitrogens with zero attached hydrogens (tertiary/aromatic N) is 3. The summed E-state index contributed by atoms with van der Waals surface area (Å²) >= 11 is 0. The quantitative estimate of drug-likeness (QED) is 0.777. The van der Waals surface area contributed by atoms with Gasteiger partial charge in [-0.1, -0.05) is 18.2 Å². The van der Waals surface area contributed by atoms with Crippen molar-refractivity contribution in [3.63, 3.8) is 0 Å². The van der Waals surface area contributed by atoms with Crippen molar-refractivity contribution in [2.45, 2.75) is 44.4 Å². The van der Waals surface area contributed by atoms with Gasteiger partial charge in [0.05, 0.1) is 18.0 Å². The van der Waals surface area contributed by atoms with E-state index in [0.29, 0.717) is 31.5 Å². The Morgan fingerprint density at radius 1 is 1.00 bits per heavy atom. The fourth-order valence-electron chi connectivity index (χ4n) is 4.93. The second-order valence-electron chi connectivity index (χ2n) is 9.49. The molecule has 7 nitrogen and oxygen atoms in total. The normalized spacial score (nSPS) is 23.6. The minimum atomic E-state index is -1.17. The van der Waals surface area contributed by atoms with Gasteiger partial charge < -0.3 is 25.1 Å². The van der Waals surface area contributed by atoms with Crippen LogP contribution in [0.1, 0.15) is 37.0 Å². The lowest BCUT2D eigenvalue weighted by Crippen LogP contribution is -2.62. The molecule has 0 bridgehead atoms. The third kappa shape index (κ3) is 3.50. The molecule has 2 heterocycles. The van der Waals surface area contributed by atoms with Crippen LogP contribution in [0.25, 0.3) is 11.1 Å². The van der Waals surface area contributed by atoms with Gasteiger partial charge in [0.25, 0.3) is 11.8 Å². The van der Waals surface area contributed by atoms with Crippen LogP contribution in [0.5, 0.6) is 0 Å². The summed E-state index contributed by atoms with van der Waals surface area (Å²) < 4.78 is 0. The van der Waals surface area contributed by atoms with E-state index in [1.807, 2.05) is 43.0 Å². The van der Waals surface area contributed by atoms with Crippen LogP contribution in [0.2, 0.25) is 0 Å². The first-order valence-electron chi connectivity index (χ1n) is 11.3. The average molecular weight is 435 g/mol. The summed E-state index contributed by atoms with van der Waals surface area (Å²) in [5.41, 5.74) is 3.96. The predicted molar refractivity (Wildman–Crippen MR) is 125 cm³/mol. The Labute approximate surface area is 188 Å². The molecule has 1 saturated carbocycles. The second-order valence-corrected chi connectivity index (χ2v) is 9.49. The number of benzene rings is 2. The molecule has 2 aliphatic heterocycles. The van der Waals surface area contributed by atoms with E-state index in [0.717, 1.165) is 23.5 Å². The SMILES string of the molecule is C[C@@H]1CN(C(=O)c2ccc(-c3ccc4c(c3)NCN4C)cc2)C[C@H](C)N1C(=O)C1(O)CC1. The summed E-state index contributed by atoms with van der Waals surface area (Å²) in [6, 6.07) is 13.8. The van der Waals surface area contributed by atoms with Crippen molar-refractivity contribution in [2.75, 3.05) is 37.0 Å². The number of hydrogen-bond acceptors (Lipinski definition) is 5. The highest BCUT2D eigenvalue weighted by atomic mass is 16.3. The summed E-state index contributed by atoms with van der Waals surface area (Å²) in [4.78, 5) is 31.6. The van der Waals surface area contributed by atoms with Gasteiger partial charge in [-0.2, -0.15) is 0 Å². The lowest BCUT2D eigenvalue weighted by Gasteiger charge is -2.45. The number of carbonyl (C=O) groups is 2. The minimum Gasteiger partial charge on any atom is -0.380 e. The van der Waals surface area contributed by atoms with Crippen molar-refractivity contribution < 1.29 is 14.7 Å². The van der Waals surface area contributed by atoms with E-state index >= 15 is 0 Å². The molecule has 2 fully saturated rings. The Morgan fingerprint density at radius 3 is 2.25 bits per heavy atom. The minimum absolute atomic E-state index is 0.0234. The van der Waals surface area contributed by atoms with E-state index < -0.39 is 5.60 Å². The topological polar surface area (TPSA) is 76.1 Å². The van der Waals surface area contributed by atoms with Crippen LogP contribution in [0, 0.1) is 0 Å². The molecule has 2 N–H and O–H groups in total. The van der Waals surface area contributed by atoms with Crippen LogP contribution in [0.3, 0.4) is 0 Å². The highest BCUT2D eigenvalue weighted by Crippen LogP contribution is 2.39. The second kappa shape index (κ2) is 7.52. The molecule has 0 radical (unpaired) electrons. The Hall–Kier alpha value is -3.06. The van der Waals surface area contributed by atoms with Gasteiger partial charge in [0.2, 0.25) is 0 Å². The molecule has 2 aromatic rings. The van der Waals surface area contributed by atoms with Crippen molar-refractivity contribution in [3.05, 3.63) is 48.0 Å². The fourth-order valence-corrected chi connectivity index (χ4v) is 4.93. The molecule has 0 unspecified atom stereocenters. The van der Waals surface area contributed by atoms with Crippen LogP contribution in [-0.4, -0.2) is 71.2 Å². The van der Waals surface area contributed by atoms with E-state index in [4.69, 9.17) is 0 Å². The van der Waals surface area contributed by atoms with Crippen LogP contribution in [-0.2, 0) is 4.79 Å². The van der Waals surface area contributed by atoms with Crippen LogP contribution < -0.4 is 10.2 Å². The number of hydrogen-bond donors (Lipinski definition) is 2. The Morgan fingerprint density at radius 2 is 1.62 bits per heavy atom. The zero-order chi connectivity index (χ0) is 22.6. The smallest absolute Gasteiger partial charge is 0.255 e. The molecule has 0 spiro atoms. The van der Waals surface area contributed by atoms with Gasteiger partial charge in [-0.05, 0) is 62.1 Å². The highest BCUT2D eigenvalue weighted by Gasteiger charge is 2.52. The van der Waals surface area contributed by atoms with Crippen molar-refractivity contribution >= 4 is 23.2 Å². The monoisotopic (exact) mass is 434 g/mol. The molecule has 2 atom stereocenters. The van der Waals surface area contributed by atoms with Crippen LogP contribution >= 0.6 is 0 Å². The third-order valence-electron chi connectivity index (χ3n) is 6.94. The van der Waals surface area contributed by atoms with Gasteiger partial charge in [0.15, 0.2) is 0 Å². The summed E-state index contributed by atoms with van der Waals surface area (Å²) in [5, 5.41) is 13.6. The van der Waals surface area contributed by atoms with Gasteiger partial charge >= 0.3 is 0 Å². The largest absolute Gasteiger partial charge is 0.380 e. The van der Waals surface area contributed by atoms with Gasteiger partial charge in [-0.3, -0.25) is 9.59 Å². The molecule has 1 aliphatic carbocycles. The van der Waals surface area contributed by atoms with Crippen molar-refractivity contribution in [1.29, 1.82) is 0 Å². The third-order valence-corrected chi connectivity index (χ3v) is 6.94. The maximum Gasteiger partial charge on any atom is 0.255 e. The summed E-state index contributed by atoms with van der Waals surface area (Å²) in [6.45, 7) is 5.64. The number of anilines is 2. The van der Waals surface area contributed by atoms with Crippen LogP contribution in [0.4, 0.5) is 11.4 Å². The maximum absolute atomic E-state index is 13.2. The standard InChI is InChI=1S/C25H30N4O3/c1-16-13-28(14-17(2)29(16)24(31)25(32)10-11-25)23(30)19-6-4-18(5-7-19)20-8-9-22-21(12-20)26-15-27(22)3/h4-9,12,16-17,26,32H,10-11,13-15H2,1-3H3/t16-,17+. The van der Waals surface area contributed by atoms with E-state index in [2.05, 4.69) is 35.5 Å². The molecule has 168 valence electrons. The Kier molecular flexibility index (Phi) is 4.89. The van der Waals surface area contributed by atoms with E-state index in [1.54, 1.807) is 4.90 Å². The number of rotatable bonds is 3. The van der Waals surface area contributed by atoms with Crippen molar-refractivity contribution in [3.8, 4) is 11.1 Å². The molecule has 7 heteroatoms. The van der Waals surface area contributed by atoms with Gasteiger partial charge in [0, 0.05) is 37.8 Å². The first kappa shape index (κ1) is 20.8. The fraction of sp³-hybridized carbons (Fsp3) is 0.440. The van der Waals surface area contributed by atoms with E-state index in [-0.39, 0.29) is 23.9 Å². The van der Waals surface area contributed by atoms with Gasteiger partial charge in [0.1, 0.15) is 5.60 Å². The Balaban J connectivity index is 1.29. The first-order chi connectivity index (χ1) is 15.3. The van der Waals surface area contributed by atoms with Gasteiger partial charge in [-0.25, -0.2) is 0 Å². The summed E-state index contributed by atoms with van der Waals surface area (Å²) in [5.74, 6) is -0.214. The number of amides is 2. The van der Waals surface area contributed by atoms with E-state index in [9.17, 15) is 14.7 Å². The van der Waals surface area contributed by atoms with Crippen LogP contribution in [0.15, 0.2) is 42.5 Å². The Bertz CT molecular complexity index is 1050. The molecule has 3 aliphatic rings. The average Bonchev–Trinajstić information content (AvgIpc) is 3.44. The van der Waals surface area contributed by atoms with Crippen molar-refractivity contribution in [2.24, 2.45) is 0 Å². The molecule has 1 saturated heterocycles. The molecule has 32 heavy (non-hydrogen) atoms. The first-order valence-corrected chi connectivity index (χ1v) is 11.3. The molecule has 0 aromatic heterocycles. The zero-order valence-electron chi connectivity index (χ0n) is 18.8. The van der Waals surface area contributed by atoms with Crippen molar-refractivity contribution in [1.82, 2.24) is 9.80 Å². The molecular weight excluding hydrogens is 404 g/mol. The maximum atomic E-state index is 13.2. The number of aliphatic hydroxyl groups is 1. The molecule has 2 aromatic carbocycles. The highest BCUT2D eigenvalue weighted by molar-refractivity contribution is 5.95. The number of piperazine rings is 1. The summed E-state index contributed by atoms with van der Waals surface area (Å²) in [7, 11) is 2.06. The molecular formula is C25H30N4O3. The van der Waals surface area contributed by atoms with E-state index in [1.165, 1.54) is 5.69 Å². The number of nitrogens with one attached hydrogen (secondary N) is 1. The number of fused-ring (bicyclic) bond motifs is 1. The van der Waals surface area contributed by atoms with Gasteiger partial charge in [-0.15, -0.1) is 0 Å². The lowest BCUT2D eigenvalue weighted by atomic mass is 10.0. The molecule has 2 amide bonds. The molecule has 5 rings (SSSR count). The zero-order valence-corrected chi connectivity index (χ0v) is 18.8. The lowest BCUT2D eigenvalue weighted by molar-refractivity contribution is -0.150. The summed E-state index contributed by atoms with van der Waals surface area (Å²) in [6.07, 6.45) is 1.07. The number of carbonyl (C=O) groups excluding carboxylic acids is 2. The predicted octanol–water partition coefficient (Wildman–Crippen LogP) is 2.76.